The summed E-state index contributed by atoms with van der Waals surface area (Å²) in [5, 5.41) is -0.453. The van der Waals surface area contributed by atoms with Crippen molar-refractivity contribution in [3.63, 3.8) is 0 Å². The summed E-state index contributed by atoms with van der Waals surface area (Å²) < 4.78 is 52.4. The van der Waals surface area contributed by atoms with Gasteiger partial charge in [-0.05, 0) is 44.4 Å². The highest BCUT2D eigenvalue weighted by Gasteiger charge is 2.40. The summed E-state index contributed by atoms with van der Waals surface area (Å²) in [4.78, 5) is 0. The maximum atomic E-state index is 14.5. The first kappa shape index (κ1) is 20.2. The van der Waals surface area contributed by atoms with Crippen LogP contribution in [0.25, 0.3) is 0 Å². The molecule has 1 aliphatic rings. The minimum atomic E-state index is -3.20. The van der Waals surface area contributed by atoms with Gasteiger partial charge >= 0.3 is 0 Å². The summed E-state index contributed by atoms with van der Waals surface area (Å²) in [5.74, 6) is -1.17. The van der Waals surface area contributed by atoms with Crippen molar-refractivity contribution in [2.24, 2.45) is 5.73 Å². The van der Waals surface area contributed by atoms with Gasteiger partial charge < -0.3 is 5.73 Å². The van der Waals surface area contributed by atoms with Crippen molar-refractivity contribution in [2.45, 2.75) is 50.6 Å². The van der Waals surface area contributed by atoms with Crippen LogP contribution in [0.1, 0.15) is 54.7 Å². The Morgan fingerprint density at radius 2 is 1.81 bits per heavy atom. The first-order chi connectivity index (χ1) is 12.7. The summed E-state index contributed by atoms with van der Waals surface area (Å²) in [5.41, 5.74) is 6.72. The summed E-state index contributed by atoms with van der Waals surface area (Å²) in [7, 11) is -3.20. The quantitative estimate of drug-likeness (QED) is 0.649. The molecule has 0 aromatic heterocycles. The highest BCUT2D eigenvalue weighted by atomic mass is 32.3. The molecule has 2 aromatic carbocycles. The molecule has 0 amide bonds. The van der Waals surface area contributed by atoms with Gasteiger partial charge in [0, 0.05) is 29.8 Å². The van der Waals surface area contributed by atoms with Gasteiger partial charge in [0.25, 0.3) is 0 Å². The third kappa shape index (κ3) is 4.02. The topological polar surface area (TPSA) is 69.7 Å². The third-order valence-electron chi connectivity index (χ3n) is 5.22. The third-order valence-corrected chi connectivity index (χ3v) is 7.67. The fraction of sp³-hybridized carbons (Fsp3) is 0.400. The van der Waals surface area contributed by atoms with Gasteiger partial charge in [0.15, 0.2) is 0 Å². The van der Waals surface area contributed by atoms with Crippen molar-refractivity contribution in [3.05, 3.63) is 70.8 Å². The molecule has 1 aliphatic heterocycles. The van der Waals surface area contributed by atoms with E-state index in [0.717, 1.165) is 24.1 Å². The number of halogens is 2. The molecule has 27 heavy (non-hydrogen) atoms. The average molecular weight is 397 g/mol. The molecule has 148 valence electrons. The highest BCUT2D eigenvalue weighted by molar-refractivity contribution is 8.22. The van der Waals surface area contributed by atoms with Crippen LogP contribution < -0.4 is 5.73 Å². The van der Waals surface area contributed by atoms with Crippen molar-refractivity contribution in [1.82, 2.24) is 4.31 Å². The molecule has 7 heteroatoms. The number of nitrogens with two attached hydrogens (primary N) is 1. The molecule has 1 fully saturated rings. The molecular weight excluding hydrogens is 370 g/mol. The van der Waals surface area contributed by atoms with Crippen LogP contribution in [0.15, 0.2) is 42.5 Å². The van der Waals surface area contributed by atoms with Crippen LogP contribution in [-0.4, -0.2) is 19.5 Å². The molecule has 3 atom stereocenters. The SMILES string of the molecule is CC(N)c1cc(F)c(CN2[C@@H](C)CC[C@H](c3ccccc3)S2(O)O)cc1F. The maximum Gasteiger partial charge on any atom is 0.128 e. The summed E-state index contributed by atoms with van der Waals surface area (Å²) >= 11 is 0. The number of hydrogen-bond acceptors (Lipinski definition) is 4. The molecule has 4 nitrogen and oxygen atoms in total. The number of rotatable bonds is 4. The lowest BCUT2D eigenvalue weighted by molar-refractivity contribution is 0.238. The molecule has 1 unspecified atom stereocenters. The zero-order chi connectivity index (χ0) is 19.8. The Hall–Kier alpha value is -1.51. The number of hydrogen-bond donors (Lipinski definition) is 3. The zero-order valence-electron chi connectivity index (χ0n) is 15.5. The van der Waals surface area contributed by atoms with Crippen molar-refractivity contribution in [3.8, 4) is 0 Å². The second-order valence-electron chi connectivity index (χ2n) is 7.22. The number of nitrogens with zero attached hydrogens (tertiary/aromatic N) is 1. The van der Waals surface area contributed by atoms with Gasteiger partial charge in [-0.3, -0.25) is 9.11 Å². The largest absolute Gasteiger partial charge is 0.324 e. The number of benzene rings is 2. The second kappa shape index (κ2) is 7.85. The van der Waals surface area contributed by atoms with Crippen molar-refractivity contribution in [2.75, 3.05) is 0 Å². The Kier molecular flexibility index (Phi) is 5.88. The van der Waals surface area contributed by atoms with Crippen LogP contribution in [0, 0.1) is 11.6 Å². The van der Waals surface area contributed by atoms with Crippen molar-refractivity contribution in [1.29, 1.82) is 0 Å². The lowest BCUT2D eigenvalue weighted by atomic mass is 10.0. The van der Waals surface area contributed by atoms with E-state index in [4.69, 9.17) is 5.73 Å². The fourth-order valence-corrected chi connectivity index (χ4v) is 5.90. The van der Waals surface area contributed by atoms with Crippen LogP contribution in [-0.2, 0) is 6.54 Å². The van der Waals surface area contributed by atoms with Crippen LogP contribution in [0.2, 0.25) is 0 Å². The van der Waals surface area contributed by atoms with Gasteiger partial charge in [0.05, 0.1) is 5.25 Å². The smallest absolute Gasteiger partial charge is 0.128 e. The van der Waals surface area contributed by atoms with Gasteiger partial charge in [0.2, 0.25) is 0 Å². The Morgan fingerprint density at radius 3 is 2.44 bits per heavy atom. The first-order valence-corrected chi connectivity index (χ1v) is 10.6. The summed E-state index contributed by atoms with van der Waals surface area (Å²) in [6.45, 7) is 3.39. The van der Waals surface area contributed by atoms with Crippen LogP contribution in [0.5, 0.6) is 0 Å². The minimum Gasteiger partial charge on any atom is -0.324 e. The van der Waals surface area contributed by atoms with Crippen LogP contribution >= 0.6 is 10.8 Å². The maximum absolute atomic E-state index is 14.5. The molecule has 0 saturated carbocycles. The molecule has 1 saturated heterocycles. The van der Waals surface area contributed by atoms with E-state index in [2.05, 4.69) is 0 Å². The molecule has 0 spiro atoms. The second-order valence-corrected chi connectivity index (χ2v) is 9.38. The summed E-state index contributed by atoms with van der Waals surface area (Å²) in [6, 6.07) is 10.7. The molecule has 0 bridgehead atoms. The Bertz CT molecular complexity index is 802. The lowest BCUT2D eigenvalue weighted by Crippen LogP contribution is -2.41. The van der Waals surface area contributed by atoms with Crippen LogP contribution in [0.3, 0.4) is 0 Å². The van der Waals surface area contributed by atoms with Gasteiger partial charge in [-0.2, -0.15) is 4.31 Å². The van der Waals surface area contributed by atoms with E-state index in [1.54, 1.807) is 6.92 Å². The van der Waals surface area contributed by atoms with Crippen LogP contribution in [0.4, 0.5) is 8.78 Å². The Morgan fingerprint density at radius 1 is 1.15 bits per heavy atom. The van der Waals surface area contributed by atoms with E-state index in [-0.39, 0.29) is 23.7 Å². The first-order valence-electron chi connectivity index (χ1n) is 9.04. The molecule has 4 N–H and O–H groups in total. The lowest BCUT2D eigenvalue weighted by Gasteiger charge is -2.54. The van der Waals surface area contributed by atoms with Gasteiger partial charge in [0.1, 0.15) is 11.6 Å². The van der Waals surface area contributed by atoms with Gasteiger partial charge in [-0.15, -0.1) is 10.8 Å². The molecule has 0 aliphatic carbocycles. The summed E-state index contributed by atoms with van der Waals surface area (Å²) in [6.07, 6.45) is 1.36. The molecule has 1 heterocycles. The van der Waals surface area contributed by atoms with Crippen molar-refractivity contribution >= 4 is 10.8 Å². The van der Waals surface area contributed by atoms with Crippen molar-refractivity contribution < 1.29 is 17.9 Å². The van der Waals surface area contributed by atoms with E-state index < -0.39 is 33.7 Å². The predicted octanol–water partition coefficient (Wildman–Crippen LogP) is 5.38. The Labute approximate surface area is 160 Å². The van der Waals surface area contributed by atoms with Gasteiger partial charge in [-0.1, -0.05) is 30.3 Å². The predicted molar refractivity (Wildman–Crippen MR) is 105 cm³/mol. The molecule has 0 radical (unpaired) electrons. The normalized spacial score (nSPS) is 25.1. The zero-order valence-corrected chi connectivity index (χ0v) is 16.3. The van der Waals surface area contributed by atoms with E-state index >= 15 is 0 Å². The minimum absolute atomic E-state index is 0.0746. The average Bonchev–Trinajstić information content (AvgIpc) is 2.61. The van der Waals surface area contributed by atoms with Gasteiger partial charge in [-0.25, -0.2) is 8.78 Å². The molecule has 3 rings (SSSR count). The monoisotopic (exact) mass is 396 g/mol. The van der Waals surface area contributed by atoms with E-state index in [0.29, 0.717) is 6.42 Å². The molecule has 2 aromatic rings. The van der Waals surface area contributed by atoms with E-state index in [9.17, 15) is 17.9 Å². The Balaban J connectivity index is 1.92. The van der Waals surface area contributed by atoms with E-state index in [1.165, 1.54) is 4.31 Å². The molecular formula is C20H26F2N2O2S. The fourth-order valence-electron chi connectivity index (χ4n) is 3.63. The standard InChI is InChI=1S/C20H26F2N2O2S/c1-13-8-9-20(15-6-4-3-5-7-15)27(25,26)24(13)12-16-10-19(22)17(14(2)23)11-18(16)21/h3-7,10-11,13-14,20,25-26H,8-9,12,23H2,1-2H3/t13-,14?,20+/m0/s1. The highest BCUT2D eigenvalue weighted by Crippen LogP contribution is 2.62. The van der Waals surface area contributed by atoms with E-state index in [1.807, 2.05) is 37.3 Å².